The summed E-state index contributed by atoms with van der Waals surface area (Å²) in [6, 6.07) is 4.51. The minimum Gasteiger partial charge on any atom is -0.385 e. The summed E-state index contributed by atoms with van der Waals surface area (Å²) in [6.07, 6.45) is 3.30. The second-order valence-electron chi connectivity index (χ2n) is 4.67. The maximum Gasteiger partial charge on any atom is 0.130 e. The molecule has 1 nitrogen and oxygen atoms in total. The van der Waals surface area contributed by atoms with Crippen LogP contribution in [0.5, 0.6) is 0 Å². The van der Waals surface area contributed by atoms with E-state index >= 15 is 0 Å². The third kappa shape index (κ3) is 2.09. The SMILES string of the molecule is CCC1CCC(O)(c2ccc(Cl)cc2F)C1. The molecule has 1 aromatic carbocycles. The van der Waals surface area contributed by atoms with Crippen molar-refractivity contribution in [2.45, 2.75) is 38.2 Å². The quantitative estimate of drug-likeness (QED) is 0.835. The van der Waals surface area contributed by atoms with Crippen molar-refractivity contribution in [1.29, 1.82) is 0 Å². The molecule has 2 atom stereocenters. The highest BCUT2D eigenvalue weighted by Gasteiger charge is 2.39. The Labute approximate surface area is 100 Å². The lowest BCUT2D eigenvalue weighted by atomic mass is 9.90. The molecule has 2 rings (SSSR count). The van der Waals surface area contributed by atoms with E-state index in [-0.39, 0.29) is 0 Å². The van der Waals surface area contributed by atoms with E-state index in [1.54, 1.807) is 12.1 Å². The van der Waals surface area contributed by atoms with Gasteiger partial charge in [0, 0.05) is 10.6 Å². The summed E-state index contributed by atoms with van der Waals surface area (Å²) in [5.74, 6) is 0.104. The van der Waals surface area contributed by atoms with Gasteiger partial charge in [-0.2, -0.15) is 0 Å². The lowest BCUT2D eigenvalue weighted by molar-refractivity contribution is 0.0362. The molecule has 0 bridgehead atoms. The second kappa shape index (κ2) is 4.34. The zero-order chi connectivity index (χ0) is 11.8. The Balaban J connectivity index is 2.30. The Bertz CT molecular complexity index is 394. The van der Waals surface area contributed by atoms with Crippen LogP contribution in [0.2, 0.25) is 5.02 Å². The van der Waals surface area contributed by atoms with E-state index in [2.05, 4.69) is 6.92 Å². The van der Waals surface area contributed by atoms with Crippen LogP contribution in [-0.4, -0.2) is 5.11 Å². The third-order valence-electron chi connectivity index (χ3n) is 3.60. The van der Waals surface area contributed by atoms with Gasteiger partial charge < -0.3 is 5.11 Å². The van der Waals surface area contributed by atoms with Gasteiger partial charge in [-0.1, -0.05) is 31.0 Å². The van der Waals surface area contributed by atoms with Crippen molar-refractivity contribution in [1.82, 2.24) is 0 Å². The fourth-order valence-corrected chi connectivity index (χ4v) is 2.74. The van der Waals surface area contributed by atoms with Crippen molar-refractivity contribution in [3.05, 3.63) is 34.6 Å². The van der Waals surface area contributed by atoms with Gasteiger partial charge >= 0.3 is 0 Å². The van der Waals surface area contributed by atoms with Crippen LogP contribution in [0, 0.1) is 11.7 Å². The number of benzene rings is 1. The lowest BCUT2D eigenvalue weighted by Gasteiger charge is -2.24. The first-order valence-corrected chi connectivity index (χ1v) is 6.11. The molecule has 1 saturated carbocycles. The van der Waals surface area contributed by atoms with Gasteiger partial charge in [0.15, 0.2) is 0 Å². The molecular weight excluding hydrogens is 227 g/mol. The van der Waals surface area contributed by atoms with Crippen LogP contribution < -0.4 is 0 Å². The average Bonchev–Trinajstić information content (AvgIpc) is 2.61. The molecule has 0 aliphatic heterocycles. The topological polar surface area (TPSA) is 20.2 Å². The van der Waals surface area contributed by atoms with Gasteiger partial charge in [-0.15, -0.1) is 0 Å². The molecule has 1 fully saturated rings. The van der Waals surface area contributed by atoms with Crippen molar-refractivity contribution in [3.63, 3.8) is 0 Å². The minimum atomic E-state index is -0.991. The minimum absolute atomic E-state index is 0.370. The maximum atomic E-state index is 13.7. The predicted octanol–water partition coefficient (Wildman–Crippen LogP) is 3.88. The molecule has 0 radical (unpaired) electrons. The largest absolute Gasteiger partial charge is 0.385 e. The Kier molecular flexibility index (Phi) is 3.22. The van der Waals surface area contributed by atoms with Gasteiger partial charge in [-0.3, -0.25) is 0 Å². The summed E-state index contributed by atoms with van der Waals surface area (Å²) in [5, 5.41) is 10.8. The van der Waals surface area contributed by atoms with Gasteiger partial charge in [0.2, 0.25) is 0 Å². The smallest absolute Gasteiger partial charge is 0.130 e. The Morgan fingerprint density at radius 3 is 2.88 bits per heavy atom. The molecule has 1 aliphatic rings. The van der Waals surface area contributed by atoms with Crippen LogP contribution in [-0.2, 0) is 5.60 Å². The molecule has 0 aromatic heterocycles. The van der Waals surface area contributed by atoms with Crippen LogP contribution in [0.25, 0.3) is 0 Å². The second-order valence-corrected chi connectivity index (χ2v) is 5.11. The fraction of sp³-hybridized carbons (Fsp3) is 0.538. The maximum absolute atomic E-state index is 13.7. The van der Waals surface area contributed by atoms with E-state index in [1.165, 1.54) is 6.07 Å². The summed E-state index contributed by atoms with van der Waals surface area (Å²) in [6.45, 7) is 2.11. The Morgan fingerprint density at radius 1 is 1.56 bits per heavy atom. The first-order valence-electron chi connectivity index (χ1n) is 5.73. The molecule has 2 unspecified atom stereocenters. The van der Waals surface area contributed by atoms with E-state index < -0.39 is 11.4 Å². The Hall–Kier alpha value is -0.600. The molecule has 1 aliphatic carbocycles. The first-order chi connectivity index (χ1) is 7.55. The summed E-state index contributed by atoms with van der Waals surface area (Å²) in [4.78, 5) is 0. The van der Waals surface area contributed by atoms with Crippen LogP contribution in [0.1, 0.15) is 38.2 Å². The van der Waals surface area contributed by atoms with Crippen LogP contribution in [0.3, 0.4) is 0 Å². The number of rotatable bonds is 2. The van der Waals surface area contributed by atoms with Gasteiger partial charge in [0.25, 0.3) is 0 Å². The standard InChI is InChI=1S/C13H16ClFO/c1-2-9-5-6-13(16,8-9)11-4-3-10(14)7-12(11)15/h3-4,7,9,16H,2,5-6,8H2,1H3. The van der Waals surface area contributed by atoms with Crippen molar-refractivity contribution >= 4 is 11.6 Å². The number of halogens is 2. The monoisotopic (exact) mass is 242 g/mol. The van der Waals surface area contributed by atoms with Crippen LogP contribution in [0.4, 0.5) is 4.39 Å². The van der Waals surface area contributed by atoms with Crippen molar-refractivity contribution in [3.8, 4) is 0 Å². The Morgan fingerprint density at radius 2 is 2.31 bits per heavy atom. The highest BCUT2D eigenvalue weighted by atomic mass is 35.5. The molecule has 16 heavy (non-hydrogen) atoms. The highest BCUT2D eigenvalue weighted by molar-refractivity contribution is 6.30. The number of hydrogen-bond acceptors (Lipinski definition) is 1. The molecule has 88 valence electrons. The predicted molar refractivity (Wildman–Crippen MR) is 62.9 cm³/mol. The fourth-order valence-electron chi connectivity index (χ4n) is 2.58. The third-order valence-corrected chi connectivity index (χ3v) is 3.84. The van der Waals surface area contributed by atoms with Crippen molar-refractivity contribution in [2.75, 3.05) is 0 Å². The summed E-state index contributed by atoms with van der Waals surface area (Å²) in [5.41, 5.74) is -0.595. The van der Waals surface area contributed by atoms with Crippen LogP contribution in [0.15, 0.2) is 18.2 Å². The lowest BCUT2D eigenvalue weighted by Crippen LogP contribution is -2.23. The molecule has 1 aromatic rings. The highest BCUT2D eigenvalue weighted by Crippen LogP contribution is 2.44. The molecule has 0 saturated heterocycles. The van der Waals surface area contributed by atoms with E-state index in [4.69, 9.17) is 11.6 Å². The molecule has 0 heterocycles. The van der Waals surface area contributed by atoms with Crippen molar-refractivity contribution in [2.24, 2.45) is 5.92 Å². The van der Waals surface area contributed by atoms with Crippen LogP contribution >= 0.6 is 11.6 Å². The van der Waals surface area contributed by atoms with Gasteiger partial charge in [0.05, 0.1) is 5.60 Å². The molecule has 1 N–H and O–H groups in total. The van der Waals surface area contributed by atoms with E-state index in [0.717, 1.165) is 12.8 Å². The first kappa shape index (κ1) is 11.9. The van der Waals surface area contributed by atoms with E-state index in [9.17, 15) is 9.50 Å². The van der Waals surface area contributed by atoms with Gasteiger partial charge in [0.1, 0.15) is 5.82 Å². The van der Waals surface area contributed by atoms with Gasteiger partial charge in [-0.25, -0.2) is 4.39 Å². The van der Waals surface area contributed by atoms with E-state index in [1.807, 2.05) is 0 Å². The van der Waals surface area contributed by atoms with E-state index in [0.29, 0.717) is 29.3 Å². The molecular formula is C13H16ClFO. The normalized spacial score (nSPS) is 29.6. The molecule has 0 amide bonds. The number of aliphatic hydroxyl groups is 1. The average molecular weight is 243 g/mol. The van der Waals surface area contributed by atoms with Gasteiger partial charge in [-0.05, 0) is 37.3 Å². The summed E-state index contributed by atoms with van der Waals surface area (Å²) in [7, 11) is 0. The molecule has 0 spiro atoms. The summed E-state index contributed by atoms with van der Waals surface area (Å²) >= 11 is 5.70. The number of hydrogen-bond donors (Lipinski definition) is 1. The molecule has 3 heteroatoms. The summed E-state index contributed by atoms with van der Waals surface area (Å²) < 4.78 is 13.7. The van der Waals surface area contributed by atoms with Crippen molar-refractivity contribution < 1.29 is 9.50 Å². The zero-order valence-electron chi connectivity index (χ0n) is 9.34. The zero-order valence-corrected chi connectivity index (χ0v) is 10.1.